The molecule has 0 unspecified atom stereocenters. The van der Waals surface area contributed by atoms with Gasteiger partial charge in [-0.05, 0) is 62.6 Å². The third-order valence-electron chi connectivity index (χ3n) is 5.49. The van der Waals surface area contributed by atoms with E-state index in [0.717, 1.165) is 13.2 Å². The highest BCUT2D eigenvalue weighted by atomic mass is 35.5. The van der Waals surface area contributed by atoms with E-state index in [1.807, 2.05) is 0 Å². The number of nitrogens with one attached hydrogen (secondary N) is 1. The fourth-order valence-electron chi connectivity index (χ4n) is 4.09. The Bertz CT molecular complexity index is 290. The molecule has 0 aromatic heterocycles. The first-order valence-corrected chi connectivity index (χ1v) is 7.71. The summed E-state index contributed by atoms with van der Waals surface area (Å²) >= 11 is 0. The summed E-state index contributed by atoms with van der Waals surface area (Å²) in [5.41, 5.74) is 1.17. The van der Waals surface area contributed by atoms with E-state index in [-0.39, 0.29) is 24.8 Å². The molecule has 120 valence electrons. The lowest BCUT2D eigenvalue weighted by Gasteiger charge is -2.38. The van der Waals surface area contributed by atoms with Crippen LogP contribution in [0.2, 0.25) is 0 Å². The monoisotopic (exact) mass is 324 g/mol. The molecule has 1 N–H and O–H groups in total. The quantitative estimate of drug-likeness (QED) is 0.845. The maximum atomic E-state index is 5.51. The highest BCUT2D eigenvalue weighted by molar-refractivity contribution is 5.85. The van der Waals surface area contributed by atoms with Crippen LogP contribution < -0.4 is 5.32 Å². The van der Waals surface area contributed by atoms with Crippen LogP contribution in [0.25, 0.3) is 0 Å². The number of hydrogen-bond acceptors (Lipinski definition) is 3. The van der Waals surface area contributed by atoms with Crippen molar-refractivity contribution in [1.82, 2.24) is 10.2 Å². The number of rotatable bonds is 2. The molecule has 1 spiro atoms. The van der Waals surface area contributed by atoms with Crippen LogP contribution in [0.4, 0.5) is 0 Å². The van der Waals surface area contributed by atoms with Gasteiger partial charge in [-0.1, -0.05) is 6.92 Å². The topological polar surface area (TPSA) is 24.5 Å². The maximum Gasteiger partial charge on any atom is 0.0471 e. The van der Waals surface area contributed by atoms with Gasteiger partial charge < -0.3 is 15.0 Å². The molecule has 3 nitrogen and oxygen atoms in total. The van der Waals surface area contributed by atoms with Crippen molar-refractivity contribution in [2.45, 2.75) is 39.0 Å². The number of hydrogen-bond donors (Lipinski definition) is 1. The molecule has 20 heavy (non-hydrogen) atoms. The fraction of sp³-hybridized carbons (Fsp3) is 1.00. The molecule has 0 radical (unpaired) electrons. The predicted molar refractivity (Wildman–Crippen MR) is 88.2 cm³/mol. The normalized spacial score (nSPS) is 28.6. The second-order valence-corrected chi connectivity index (χ2v) is 7.13. The molecule has 3 fully saturated rings. The van der Waals surface area contributed by atoms with E-state index in [1.165, 1.54) is 64.8 Å². The summed E-state index contributed by atoms with van der Waals surface area (Å²) in [6.07, 6.45) is 6.71. The molecule has 3 aliphatic heterocycles. The van der Waals surface area contributed by atoms with Crippen LogP contribution in [0.15, 0.2) is 0 Å². The zero-order valence-corrected chi connectivity index (χ0v) is 14.3. The van der Waals surface area contributed by atoms with Gasteiger partial charge in [-0.25, -0.2) is 0 Å². The number of likely N-dealkylation sites (tertiary alicyclic amines) is 1. The highest BCUT2D eigenvalue weighted by Crippen LogP contribution is 2.40. The van der Waals surface area contributed by atoms with Gasteiger partial charge >= 0.3 is 0 Å². The smallest absolute Gasteiger partial charge is 0.0471 e. The molecular formula is C15H30Cl2N2O. The summed E-state index contributed by atoms with van der Waals surface area (Å²) in [6.45, 7) is 10.9. The second kappa shape index (κ2) is 7.64. The average molecular weight is 325 g/mol. The molecule has 0 aliphatic carbocycles. The van der Waals surface area contributed by atoms with Crippen LogP contribution in [-0.4, -0.2) is 50.8 Å². The van der Waals surface area contributed by atoms with Gasteiger partial charge in [0.1, 0.15) is 0 Å². The number of ether oxygens (including phenoxy) is 1. The van der Waals surface area contributed by atoms with Crippen molar-refractivity contribution < 1.29 is 4.74 Å². The molecule has 0 aromatic rings. The average Bonchev–Trinajstić information content (AvgIpc) is 2.73. The summed E-state index contributed by atoms with van der Waals surface area (Å²) in [5, 5.41) is 3.50. The summed E-state index contributed by atoms with van der Waals surface area (Å²) in [7, 11) is 0. The standard InChI is InChI=1S/C15H28N2O.2ClH/c1-14(5-10-18-11-6-14)12-17-9-4-15(13-17)2-7-16-8-3-15;;/h16H,2-13H2,1H3;2*1H. The summed E-state index contributed by atoms with van der Waals surface area (Å²) in [5.74, 6) is 0. The third-order valence-corrected chi connectivity index (χ3v) is 5.49. The van der Waals surface area contributed by atoms with Crippen molar-refractivity contribution in [3.05, 3.63) is 0 Å². The first-order valence-electron chi connectivity index (χ1n) is 7.71. The molecule has 3 aliphatic rings. The molecule has 0 amide bonds. The van der Waals surface area contributed by atoms with Crippen molar-refractivity contribution in [2.75, 3.05) is 45.9 Å². The minimum absolute atomic E-state index is 0. The van der Waals surface area contributed by atoms with Gasteiger partial charge in [-0.15, -0.1) is 24.8 Å². The number of nitrogens with zero attached hydrogens (tertiary/aromatic N) is 1. The summed E-state index contributed by atoms with van der Waals surface area (Å²) < 4.78 is 5.51. The molecule has 5 heteroatoms. The van der Waals surface area contributed by atoms with E-state index in [0.29, 0.717) is 10.8 Å². The Hall–Kier alpha value is 0.460. The Morgan fingerprint density at radius 2 is 1.65 bits per heavy atom. The largest absolute Gasteiger partial charge is 0.381 e. The zero-order chi connectivity index (χ0) is 12.5. The van der Waals surface area contributed by atoms with Gasteiger partial charge in [0.25, 0.3) is 0 Å². The molecular weight excluding hydrogens is 295 g/mol. The first-order chi connectivity index (χ1) is 8.70. The van der Waals surface area contributed by atoms with Crippen LogP contribution in [0.5, 0.6) is 0 Å². The van der Waals surface area contributed by atoms with Crippen LogP contribution in [0, 0.1) is 10.8 Å². The Kier molecular flexibility index (Phi) is 7.07. The maximum absolute atomic E-state index is 5.51. The van der Waals surface area contributed by atoms with Crippen molar-refractivity contribution in [3.63, 3.8) is 0 Å². The molecule has 0 bridgehead atoms. The van der Waals surface area contributed by atoms with E-state index in [4.69, 9.17) is 4.74 Å². The number of piperidine rings is 1. The molecule has 3 saturated heterocycles. The van der Waals surface area contributed by atoms with Gasteiger partial charge in [-0.3, -0.25) is 0 Å². The van der Waals surface area contributed by atoms with Crippen molar-refractivity contribution in [2.24, 2.45) is 10.8 Å². The summed E-state index contributed by atoms with van der Waals surface area (Å²) in [4.78, 5) is 2.75. The lowest BCUT2D eigenvalue weighted by atomic mass is 9.78. The molecule has 0 atom stereocenters. The van der Waals surface area contributed by atoms with Gasteiger partial charge in [0.15, 0.2) is 0 Å². The molecule has 3 heterocycles. The van der Waals surface area contributed by atoms with E-state index in [9.17, 15) is 0 Å². The Morgan fingerprint density at radius 1 is 1.00 bits per heavy atom. The summed E-state index contributed by atoms with van der Waals surface area (Å²) in [6, 6.07) is 0. The highest BCUT2D eigenvalue weighted by Gasteiger charge is 2.41. The first kappa shape index (κ1) is 18.5. The van der Waals surface area contributed by atoms with Crippen LogP contribution in [0.3, 0.4) is 0 Å². The number of halogens is 2. The molecule has 3 rings (SSSR count). The van der Waals surface area contributed by atoms with Crippen LogP contribution in [-0.2, 0) is 4.74 Å². The minimum Gasteiger partial charge on any atom is -0.381 e. The van der Waals surface area contributed by atoms with Crippen molar-refractivity contribution in [1.29, 1.82) is 0 Å². The van der Waals surface area contributed by atoms with Crippen LogP contribution >= 0.6 is 24.8 Å². The van der Waals surface area contributed by atoms with Crippen molar-refractivity contribution in [3.8, 4) is 0 Å². The fourth-order valence-corrected chi connectivity index (χ4v) is 4.09. The van der Waals surface area contributed by atoms with Gasteiger partial charge in [0.05, 0.1) is 0 Å². The second-order valence-electron chi connectivity index (χ2n) is 7.13. The van der Waals surface area contributed by atoms with E-state index in [2.05, 4.69) is 17.1 Å². The predicted octanol–water partition coefficient (Wildman–Crippen LogP) is 2.72. The Morgan fingerprint density at radius 3 is 2.30 bits per heavy atom. The SMILES string of the molecule is CC1(CN2CCC3(CCNCC3)C2)CCOCC1.Cl.Cl. The third kappa shape index (κ3) is 4.23. The lowest BCUT2D eigenvalue weighted by molar-refractivity contribution is 0.00643. The van der Waals surface area contributed by atoms with E-state index >= 15 is 0 Å². The Labute approximate surface area is 136 Å². The van der Waals surface area contributed by atoms with Gasteiger partial charge in [-0.2, -0.15) is 0 Å². The van der Waals surface area contributed by atoms with E-state index < -0.39 is 0 Å². The minimum atomic E-state index is 0. The van der Waals surface area contributed by atoms with E-state index in [1.54, 1.807) is 0 Å². The van der Waals surface area contributed by atoms with Crippen molar-refractivity contribution >= 4 is 24.8 Å². The van der Waals surface area contributed by atoms with Gasteiger partial charge in [0, 0.05) is 26.3 Å². The zero-order valence-electron chi connectivity index (χ0n) is 12.7. The van der Waals surface area contributed by atoms with Crippen LogP contribution in [0.1, 0.15) is 39.0 Å². The molecule has 0 aromatic carbocycles. The molecule has 0 saturated carbocycles. The Balaban J connectivity index is 0.000001000. The van der Waals surface area contributed by atoms with Gasteiger partial charge in [0.2, 0.25) is 0 Å². The lowest BCUT2D eigenvalue weighted by Crippen LogP contribution is -2.42.